The molecular weight excluding hydrogens is 556 g/mol. The zero-order valence-corrected chi connectivity index (χ0v) is 26.9. The van der Waals surface area contributed by atoms with Crippen molar-refractivity contribution in [2.75, 3.05) is 13.1 Å². The SMILES string of the molecule is CCCCCCCCCNC(=O)CC(=O)c1ccc(O)cc1.CCCCCCCCCNC(=O)CC(=O)c1cccc(O)c1. The van der Waals surface area contributed by atoms with Gasteiger partial charge in [0.25, 0.3) is 0 Å². The molecule has 44 heavy (non-hydrogen) atoms. The molecule has 8 nitrogen and oxygen atoms in total. The van der Waals surface area contributed by atoms with E-state index < -0.39 is 0 Å². The van der Waals surface area contributed by atoms with E-state index in [1.807, 2.05) is 0 Å². The highest BCUT2D eigenvalue weighted by Crippen LogP contribution is 2.13. The number of unbranched alkanes of at least 4 members (excludes halogenated alkanes) is 12. The molecule has 0 aromatic heterocycles. The number of nitrogens with one attached hydrogen (secondary N) is 2. The lowest BCUT2D eigenvalue weighted by molar-refractivity contribution is -0.121. The van der Waals surface area contributed by atoms with Gasteiger partial charge in [0.1, 0.15) is 11.5 Å². The monoisotopic (exact) mass is 610 g/mol. The van der Waals surface area contributed by atoms with Gasteiger partial charge in [-0.05, 0) is 49.2 Å². The Bertz CT molecular complexity index is 1100. The number of phenolic OH excluding ortho intramolecular Hbond substituents is 2. The van der Waals surface area contributed by atoms with Gasteiger partial charge in [-0.15, -0.1) is 0 Å². The third-order valence-electron chi connectivity index (χ3n) is 7.20. The Morgan fingerprint density at radius 1 is 0.523 bits per heavy atom. The molecule has 0 spiro atoms. The Morgan fingerprint density at radius 2 is 0.955 bits per heavy atom. The van der Waals surface area contributed by atoms with Crippen molar-refractivity contribution < 1.29 is 29.4 Å². The Labute approximate surface area is 264 Å². The summed E-state index contributed by atoms with van der Waals surface area (Å²) in [4.78, 5) is 47.1. The van der Waals surface area contributed by atoms with Crippen LogP contribution in [0.5, 0.6) is 11.5 Å². The Kier molecular flexibility index (Phi) is 21.6. The summed E-state index contributed by atoms with van der Waals surface area (Å²) in [5, 5.41) is 24.1. The largest absolute Gasteiger partial charge is 0.508 e. The molecule has 0 atom stereocenters. The smallest absolute Gasteiger partial charge is 0.227 e. The lowest BCUT2D eigenvalue weighted by Gasteiger charge is -2.05. The van der Waals surface area contributed by atoms with Crippen molar-refractivity contribution in [2.45, 2.75) is 117 Å². The second-order valence-corrected chi connectivity index (χ2v) is 11.2. The average molecular weight is 611 g/mol. The van der Waals surface area contributed by atoms with Crippen LogP contribution in [0, 0.1) is 0 Å². The summed E-state index contributed by atoms with van der Waals surface area (Å²) in [6, 6.07) is 12.0. The first-order valence-corrected chi connectivity index (χ1v) is 16.4. The summed E-state index contributed by atoms with van der Waals surface area (Å²) in [6.45, 7) is 5.66. The normalized spacial score (nSPS) is 10.4. The maximum atomic E-state index is 11.9. The second kappa shape index (κ2) is 24.7. The van der Waals surface area contributed by atoms with Crippen molar-refractivity contribution in [3.05, 3.63) is 59.7 Å². The Morgan fingerprint density at radius 3 is 1.41 bits per heavy atom. The molecule has 0 unspecified atom stereocenters. The van der Waals surface area contributed by atoms with Gasteiger partial charge in [-0.1, -0.05) is 103 Å². The van der Waals surface area contributed by atoms with Crippen LogP contribution in [0.15, 0.2) is 48.5 Å². The zero-order valence-electron chi connectivity index (χ0n) is 26.9. The summed E-state index contributed by atoms with van der Waals surface area (Å²) in [6.07, 6.45) is 16.5. The number of ketones is 2. The number of rotatable bonds is 22. The van der Waals surface area contributed by atoms with E-state index in [1.54, 1.807) is 12.1 Å². The zero-order chi connectivity index (χ0) is 32.4. The maximum absolute atomic E-state index is 11.9. The van der Waals surface area contributed by atoms with Gasteiger partial charge in [-0.25, -0.2) is 0 Å². The van der Waals surface area contributed by atoms with E-state index in [0.717, 1.165) is 25.7 Å². The topological polar surface area (TPSA) is 133 Å². The number of hydrogen-bond acceptors (Lipinski definition) is 6. The molecule has 0 saturated carbocycles. The first-order valence-electron chi connectivity index (χ1n) is 16.4. The fourth-order valence-corrected chi connectivity index (χ4v) is 4.57. The molecule has 0 heterocycles. The van der Waals surface area contributed by atoms with Crippen LogP contribution in [-0.2, 0) is 9.59 Å². The highest BCUT2D eigenvalue weighted by Gasteiger charge is 2.12. The van der Waals surface area contributed by atoms with E-state index in [4.69, 9.17) is 5.11 Å². The number of amides is 2. The quantitative estimate of drug-likeness (QED) is 0.0614. The number of carbonyl (C=O) groups is 4. The molecule has 244 valence electrons. The standard InChI is InChI=1S/2C18H27NO3/c1-2-3-4-5-6-7-8-13-19-18(22)14-17(21)15-9-11-16(20)12-10-15;1-2-3-4-5-6-7-8-12-19-18(22)14-17(21)15-10-9-11-16(20)13-15/h9-12,20H,2-8,13-14H2,1H3,(H,19,22);9-11,13,20H,2-8,12,14H2,1H3,(H,19,22). The summed E-state index contributed by atoms with van der Waals surface area (Å²) >= 11 is 0. The van der Waals surface area contributed by atoms with E-state index in [9.17, 15) is 24.3 Å². The second-order valence-electron chi connectivity index (χ2n) is 11.2. The van der Waals surface area contributed by atoms with Gasteiger partial charge < -0.3 is 20.8 Å². The summed E-state index contributed by atoms with van der Waals surface area (Å²) in [5.74, 6) is -0.831. The van der Waals surface area contributed by atoms with E-state index in [0.29, 0.717) is 24.2 Å². The molecule has 0 aliphatic rings. The minimum absolute atomic E-state index is 0.0364. The molecule has 2 aromatic rings. The van der Waals surface area contributed by atoms with Crippen molar-refractivity contribution in [3.63, 3.8) is 0 Å². The van der Waals surface area contributed by atoms with Crippen LogP contribution in [0.1, 0.15) is 137 Å². The molecule has 0 aliphatic carbocycles. The average Bonchev–Trinajstić information content (AvgIpc) is 3.00. The van der Waals surface area contributed by atoms with Gasteiger partial charge in [0.15, 0.2) is 11.6 Å². The van der Waals surface area contributed by atoms with Crippen LogP contribution >= 0.6 is 0 Å². The minimum Gasteiger partial charge on any atom is -0.508 e. The van der Waals surface area contributed by atoms with Crippen LogP contribution in [0.4, 0.5) is 0 Å². The Hall–Kier alpha value is -3.68. The van der Waals surface area contributed by atoms with Crippen LogP contribution in [0.2, 0.25) is 0 Å². The molecule has 0 bridgehead atoms. The van der Waals surface area contributed by atoms with E-state index in [-0.39, 0.29) is 47.7 Å². The first-order chi connectivity index (χ1) is 21.3. The van der Waals surface area contributed by atoms with E-state index in [2.05, 4.69) is 24.5 Å². The van der Waals surface area contributed by atoms with Gasteiger partial charge in [0.05, 0.1) is 12.8 Å². The fraction of sp³-hybridized carbons (Fsp3) is 0.556. The van der Waals surface area contributed by atoms with Crippen LogP contribution in [0.25, 0.3) is 0 Å². The maximum Gasteiger partial charge on any atom is 0.227 e. The Balaban J connectivity index is 0.000000440. The summed E-state index contributed by atoms with van der Waals surface area (Å²) < 4.78 is 0. The summed E-state index contributed by atoms with van der Waals surface area (Å²) in [7, 11) is 0. The van der Waals surface area contributed by atoms with Crippen LogP contribution in [-0.4, -0.2) is 46.7 Å². The van der Waals surface area contributed by atoms with Gasteiger partial charge in [0.2, 0.25) is 11.8 Å². The first kappa shape index (κ1) is 38.3. The third-order valence-corrected chi connectivity index (χ3v) is 7.20. The van der Waals surface area contributed by atoms with Gasteiger partial charge >= 0.3 is 0 Å². The van der Waals surface area contributed by atoms with Gasteiger partial charge in [0, 0.05) is 24.2 Å². The fourth-order valence-electron chi connectivity index (χ4n) is 4.57. The highest BCUT2D eigenvalue weighted by molar-refractivity contribution is 6.08. The molecule has 2 amide bonds. The lowest BCUT2D eigenvalue weighted by atomic mass is 10.1. The number of carbonyl (C=O) groups excluding carboxylic acids is 4. The lowest BCUT2D eigenvalue weighted by Crippen LogP contribution is -2.26. The predicted octanol–water partition coefficient (Wildman–Crippen LogP) is 7.66. The van der Waals surface area contributed by atoms with Gasteiger partial charge in [-0.3, -0.25) is 19.2 Å². The van der Waals surface area contributed by atoms with E-state index in [1.165, 1.54) is 101 Å². The van der Waals surface area contributed by atoms with E-state index >= 15 is 0 Å². The molecule has 0 aliphatic heterocycles. The van der Waals surface area contributed by atoms with Crippen molar-refractivity contribution in [1.82, 2.24) is 10.6 Å². The molecule has 0 fully saturated rings. The molecule has 4 N–H and O–H groups in total. The number of aromatic hydroxyl groups is 2. The predicted molar refractivity (Wildman–Crippen MR) is 176 cm³/mol. The van der Waals surface area contributed by atoms with Crippen LogP contribution < -0.4 is 10.6 Å². The van der Waals surface area contributed by atoms with Crippen molar-refractivity contribution >= 4 is 23.4 Å². The number of Topliss-reactive ketones (excluding diaryl/α,β-unsaturated/α-hetero) is 2. The highest BCUT2D eigenvalue weighted by atomic mass is 16.3. The number of hydrogen-bond donors (Lipinski definition) is 4. The molecule has 2 rings (SSSR count). The molecule has 0 saturated heterocycles. The molecule has 8 heteroatoms. The van der Waals surface area contributed by atoms with Crippen molar-refractivity contribution in [2.24, 2.45) is 0 Å². The minimum atomic E-state index is -0.270. The summed E-state index contributed by atoms with van der Waals surface area (Å²) in [5.41, 5.74) is 0.815. The number of benzene rings is 2. The molecule has 2 aromatic carbocycles. The molecule has 0 radical (unpaired) electrons. The molecular formula is C36H54N2O6. The van der Waals surface area contributed by atoms with Crippen LogP contribution in [0.3, 0.4) is 0 Å². The third kappa shape index (κ3) is 19.5. The number of phenols is 2. The van der Waals surface area contributed by atoms with Gasteiger partial charge in [-0.2, -0.15) is 0 Å². The van der Waals surface area contributed by atoms with Crippen molar-refractivity contribution in [1.29, 1.82) is 0 Å². The van der Waals surface area contributed by atoms with Crippen molar-refractivity contribution in [3.8, 4) is 11.5 Å².